The first-order valence-corrected chi connectivity index (χ1v) is 6.71. The first kappa shape index (κ1) is 13.3. The number of halogens is 1. The van der Waals surface area contributed by atoms with E-state index in [0.717, 1.165) is 0 Å². The summed E-state index contributed by atoms with van der Waals surface area (Å²) in [6, 6.07) is 6.43. The van der Waals surface area contributed by atoms with Crippen LogP contribution in [0.15, 0.2) is 41.3 Å². The molecule has 2 N–H and O–H groups in total. The Hall–Kier alpha value is -3.36. The van der Waals surface area contributed by atoms with Gasteiger partial charge in [0.25, 0.3) is 0 Å². The lowest BCUT2D eigenvalue weighted by Crippen LogP contribution is -2.06. The Kier molecular flexibility index (Phi) is 2.97. The average molecular weight is 311 g/mol. The number of oxazole rings is 1. The third kappa shape index (κ3) is 2.27. The molecule has 1 aromatic carbocycles. The van der Waals surface area contributed by atoms with Gasteiger partial charge in [0.15, 0.2) is 23.3 Å². The Bertz CT molecular complexity index is 980. The highest BCUT2D eigenvalue weighted by molar-refractivity contribution is 5.85. The van der Waals surface area contributed by atoms with Crippen LogP contribution in [0.5, 0.6) is 0 Å². The van der Waals surface area contributed by atoms with Crippen LogP contribution in [-0.2, 0) is 6.54 Å². The van der Waals surface area contributed by atoms with Crippen molar-refractivity contribution in [1.82, 2.24) is 29.9 Å². The summed E-state index contributed by atoms with van der Waals surface area (Å²) in [5.41, 5.74) is 7.42. The van der Waals surface area contributed by atoms with Crippen molar-refractivity contribution >= 4 is 17.1 Å². The van der Waals surface area contributed by atoms with Gasteiger partial charge in [0, 0.05) is 5.56 Å². The summed E-state index contributed by atoms with van der Waals surface area (Å²) in [4.78, 5) is 12.1. The molecule has 0 spiro atoms. The first-order valence-electron chi connectivity index (χ1n) is 6.71. The minimum absolute atomic E-state index is 0.0426. The molecule has 3 heterocycles. The number of benzene rings is 1. The quantitative estimate of drug-likeness (QED) is 0.612. The highest BCUT2D eigenvalue weighted by Gasteiger charge is 2.18. The maximum absolute atomic E-state index is 13.8. The molecular formula is C14H10FN7O. The maximum Gasteiger partial charge on any atom is 0.222 e. The second-order valence-corrected chi connectivity index (χ2v) is 4.81. The number of nitrogens with zero attached hydrogens (tertiary/aromatic N) is 6. The number of hydrogen-bond donors (Lipinski definition) is 1. The molecule has 0 saturated heterocycles. The van der Waals surface area contributed by atoms with Crippen LogP contribution in [0.4, 0.5) is 10.3 Å². The largest absolute Gasteiger partial charge is 0.442 e. The smallest absolute Gasteiger partial charge is 0.222 e. The number of aromatic nitrogens is 6. The Morgan fingerprint density at radius 1 is 1.22 bits per heavy atom. The van der Waals surface area contributed by atoms with Gasteiger partial charge < -0.3 is 10.2 Å². The molecule has 0 bridgehead atoms. The molecule has 9 heteroatoms. The molecule has 114 valence electrons. The van der Waals surface area contributed by atoms with E-state index in [1.165, 1.54) is 23.3 Å². The fourth-order valence-corrected chi connectivity index (χ4v) is 2.27. The van der Waals surface area contributed by atoms with Gasteiger partial charge in [-0.1, -0.05) is 23.4 Å². The Morgan fingerprint density at radius 2 is 2.09 bits per heavy atom. The lowest BCUT2D eigenvalue weighted by Gasteiger charge is -2.04. The highest BCUT2D eigenvalue weighted by atomic mass is 19.1. The minimum atomic E-state index is -0.325. The Morgan fingerprint density at radius 3 is 2.87 bits per heavy atom. The Labute approximate surface area is 128 Å². The van der Waals surface area contributed by atoms with Crippen molar-refractivity contribution in [1.29, 1.82) is 0 Å². The van der Waals surface area contributed by atoms with Crippen LogP contribution in [0.25, 0.3) is 22.6 Å². The molecule has 0 amide bonds. The van der Waals surface area contributed by atoms with E-state index in [9.17, 15) is 4.39 Å². The van der Waals surface area contributed by atoms with Crippen LogP contribution in [0.3, 0.4) is 0 Å². The predicted octanol–water partition coefficient (Wildman–Crippen LogP) is 1.65. The van der Waals surface area contributed by atoms with Gasteiger partial charge in [0.05, 0.1) is 12.7 Å². The summed E-state index contributed by atoms with van der Waals surface area (Å²) in [6.45, 7) is 0.176. The van der Waals surface area contributed by atoms with Crippen molar-refractivity contribution in [2.75, 3.05) is 5.73 Å². The fraction of sp³-hybridized carbons (Fsp3) is 0.0714. The van der Waals surface area contributed by atoms with Crippen LogP contribution < -0.4 is 5.73 Å². The van der Waals surface area contributed by atoms with Crippen LogP contribution in [-0.4, -0.2) is 29.9 Å². The first-order chi connectivity index (χ1) is 11.2. The molecule has 0 fully saturated rings. The molecule has 0 aliphatic carbocycles. The predicted molar refractivity (Wildman–Crippen MR) is 78.5 cm³/mol. The van der Waals surface area contributed by atoms with E-state index >= 15 is 0 Å². The summed E-state index contributed by atoms with van der Waals surface area (Å²) in [5, 5.41) is 8.09. The monoisotopic (exact) mass is 311 g/mol. The summed E-state index contributed by atoms with van der Waals surface area (Å²) in [5.74, 6) is 0.122. The summed E-state index contributed by atoms with van der Waals surface area (Å²) >= 11 is 0. The molecule has 0 aliphatic rings. The number of hydrogen-bond acceptors (Lipinski definition) is 7. The van der Waals surface area contributed by atoms with Crippen molar-refractivity contribution in [2.24, 2.45) is 0 Å². The second-order valence-electron chi connectivity index (χ2n) is 4.81. The molecule has 0 aliphatic heterocycles. The number of nitrogens with two attached hydrogens (primary N) is 1. The zero-order valence-electron chi connectivity index (χ0n) is 11.7. The average Bonchev–Trinajstić information content (AvgIpc) is 3.19. The van der Waals surface area contributed by atoms with Crippen molar-refractivity contribution in [3.8, 4) is 11.5 Å². The van der Waals surface area contributed by atoms with Gasteiger partial charge in [0.2, 0.25) is 5.95 Å². The fourth-order valence-electron chi connectivity index (χ4n) is 2.27. The summed E-state index contributed by atoms with van der Waals surface area (Å²) < 4.78 is 20.5. The van der Waals surface area contributed by atoms with Gasteiger partial charge in [0.1, 0.15) is 11.5 Å². The van der Waals surface area contributed by atoms with Gasteiger partial charge in [-0.05, 0) is 6.07 Å². The van der Waals surface area contributed by atoms with Crippen LogP contribution in [0, 0.1) is 5.82 Å². The molecule has 0 unspecified atom stereocenters. The lowest BCUT2D eigenvalue weighted by atomic mass is 10.2. The standard InChI is InChI=1S/C14H10FN7O/c15-9-4-2-1-3-8(9)6-22-13-12(20-21-22)11(18-14(16)19-13)10-5-17-7-23-10/h1-5,7H,6H2,(H2,16,18,19). The lowest BCUT2D eigenvalue weighted by molar-refractivity contribution is 0.570. The Balaban J connectivity index is 1.85. The van der Waals surface area contributed by atoms with Gasteiger partial charge in [-0.15, -0.1) is 5.10 Å². The normalized spacial score (nSPS) is 11.2. The van der Waals surface area contributed by atoms with Gasteiger partial charge in [-0.25, -0.2) is 19.0 Å². The summed E-state index contributed by atoms with van der Waals surface area (Å²) in [7, 11) is 0. The second kappa shape index (κ2) is 5.13. The molecule has 0 saturated carbocycles. The van der Waals surface area contributed by atoms with E-state index in [1.807, 2.05) is 0 Å². The molecule has 8 nitrogen and oxygen atoms in total. The van der Waals surface area contributed by atoms with E-state index in [-0.39, 0.29) is 18.3 Å². The third-order valence-electron chi connectivity index (χ3n) is 3.32. The van der Waals surface area contributed by atoms with Crippen LogP contribution in [0.2, 0.25) is 0 Å². The van der Waals surface area contributed by atoms with Gasteiger partial charge in [-0.3, -0.25) is 0 Å². The molecule has 23 heavy (non-hydrogen) atoms. The van der Waals surface area contributed by atoms with Crippen LogP contribution >= 0.6 is 0 Å². The molecular weight excluding hydrogens is 301 g/mol. The SMILES string of the molecule is Nc1nc(-c2cnco2)c2nnn(Cc3ccccc3F)c2n1. The molecule has 3 aromatic heterocycles. The van der Waals surface area contributed by atoms with E-state index in [1.54, 1.807) is 18.2 Å². The van der Waals surface area contributed by atoms with Crippen molar-refractivity contribution < 1.29 is 8.81 Å². The number of rotatable bonds is 3. The van der Waals surface area contributed by atoms with Gasteiger partial charge >= 0.3 is 0 Å². The van der Waals surface area contributed by atoms with E-state index in [4.69, 9.17) is 10.2 Å². The zero-order chi connectivity index (χ0) is 15.8. The van der Waals surface area contributed by atoms with Crippen molar-refractivity contribution in [3.63, 3.8) is 0 Å². The highest BCUT2D eigenvalue weighted by Crippen LogP contribution is 2.25. The molecule has 4 rings (SSSR count). The number of fused-ring (bicyclic) bond motifs is 1. The number of nitrogen functional groups attached to an aromatic ring is 1. The molecule has 0 atom stereocenters. The number of anilines is 1. The van der Waals surface area contributed by atoms with E-state index < -0.39 is 0 Å². The zero-order valence-corrected chi connectivity index (χ0v) is 11.7. The minimum Gasteiger partial charge on any atom is -0.442 e. The maximum atomic E-state index is 13.8. The third-order valence-corrected chi connectivity index (χ3v) is 3.32. The van der Waals surface area contributed by atoms with Crippen molar-refractivity contribution in [2.45, 2.75) is 6.54 Å². The molecule has 0 radical (unpaired) electrons. The topological polar surface area (TPSA) is 109 Å². The van der Waals surface area contributed by atoms with Crippen molar-refractivity contribution in [3.05, 3.63) is 48.2 Å². The van der Waals surface area contributed by atoms with E-state index in [2.05, 4.69) is 25.3 Å². The molecule has 4 aromatic rings. The summed E-state index contributed by atoms with van der Waals surface area (Å²) in [6.07, 6.45) is 2.78. The van der Waals surface area contributed by atoms with E-state index in [0.29, 0.717) is 28.2 Å². The van der Waals surface area contributed by atoms with Crippen LogP contribution in [0.1, 0.15) is 5.56 Å². The van der Waals surface area contributed by atoms with Gasteiger partial charge in [-0.2, -0.15) is 4.98 Å².